The van der Waals surface area contributed by atoms with Crippen LogP contribution in [0.15, 0.2) is 18.2 Å². The van der Waals surface area contributed by atoms with Crippen molar-refractivity contribution in [3.05, 3.63) is 28.8 Å². The van der Waals surface area contributed by atoms with E-state index in [-0.39, 0.29) is 0 Å². The van der Waals surface area contributed by atoms with Crippen LogP contribution in [-0.2, 0) is 0 Å². The van der Waals surface area contributed by atoms with Gasteiger partial charge in [-0.15, -0.1) is 0 Å². The number of rotatable bonds is 0. The highest BCUT2D eigenvalue weighted by Crippen LogP contribution is 2.35. The maximum atomic E-state index is 6.12. The molecule has 13 heavy (non-hydrogen) atoms. The Morgan fingerprint density at radius 2 is 2.31 bits per heavy atom. The molecule has 1 heterocycles. The third kappa shape index (κ3) is 1.66. The van der Waals surface area contributed by atoms with Crippen molar-refractivity contribution in [3.63, 3.8) is 0 Å². The van der Waals surface area contributed by atoms with Crippen molar-refractivity contribution in [2.45, 2.75) is 25.7 Å². The van der Waals surface area contributed by atoms with E-state index in [4.69, 9.17) is 11.6 Å². The number of nitrogens with one attached hydrogen (secondary N) is 1. The van der Waals surface area contributed by atoms with Gasteiger partial charge in [0.25, 0.3) is 0 Å². The Balaban J connectivity index is 2.47. The molecule has 1 unspecified atom stereocenters. The standard InChI is InChI=1S/C11H14ClN/c1-8-4-3-7-13-11-9(8)5-2-6-10(11)12/h2,5-6,8,13H,3-4,7H2,1H3. The van der Waals surface area contributed by atoms with Crippen LogP contribution in [0.5, 0.6) is 0 Å². The summed E-state index contributed by atoms with van der Waals surface area (Å²) < 4.78 is 0. The van der Waals surface area contributed by atoms with E-state index >= 15 is 0 Å². The smallest absolute Gasteiger partial charge is 0.0640 e. The lowest BCUT2D eigenvalue weighted by Crippen LogP contribution is -2.00. The van der Waals surface area contributed by atoms with Crippen LogP contribution in [0, 0.1) is 0 Å². The van der Waals surface area contributed by atoms with Crippen LogP contribution in [-0.4, -0.2) is 6.54 Å². The molecular weight excluding hydrogens is 182 g/mol. The second-order valence-electron chi connectivity index (χ2n) is 3.67. The van der Waals surface area contributed by atoms with Gasteiger partial charge in [0, 0.05) is 6.54 Å². The van der Waals surface area contributed by atoms with Crippen molar-refractivity contribution >= 4 is 17.3 Å². The van der Waals surface area contributed by atoms with Gasteiger partial charge in [-0.2, -0.15) is 0 Å². The number of benzene rings is 1. The average Bonchev–Trinajstić information content (AvgIpc) is 2.30. The largest absolute Gasteiger partial charge is 0.384 e. The van der Waals surface area contributed by atoms with Gasteiger partial charge in [-0.3, -0.25) is 0 Å². The van der Waals surface area contributed by atoms with Crippen LogP contribution >= 0.6 is 11.6 Å². The van der Waals surface area contributed by atoms with Gasteiger partial charge in [-0.05, 0) is 30.4 Å². The Labute approximate surface area is 84.1 Å². The van der Waals surface area contributed by atoms with Crippen LogP contribution in [0.25, 0.3) is 0 Å². The zero-order chi connectivity index (χ0) is 9.26. The molecule has 0 aromatic heterocycles. The number of halogens is 1. The number of fused-ring (bicyclic) bond motifs is 1. The Bertz CT molecular complexity index is 309. The van der Waals surface area contributed by atoms with Gasteiger partial charge < -0.3 is 5.32 Å². The topological polar surface area (TPSA) is 12.0 Å². The molecule has 1 atom stereocenters. The molecule has 0 radical (unpaired) electrons. The fourth-order valence-electron chi connectivity index (χ4n) is 1.92. The first kappa shape index (κ1) is 8.89. The number of hydrogen-bond acceptors (Lipinski definition) is 1. The summed E-state index contributed by atoms with van der Waals surface area (Å²) >= 11 is 6.12. The molecule has 0 amide bonds. The highest BCUT2D eigenvalue weighted by Gasteiger charge is 2.15. The van der Waals surface area contributed by atoms with E-state index in [1.807, 2.05) is 12.1 Å². The molecule has 0 spiro atoms. The normalized spacial score (nSPS) is 21.5. The van der Waals surface area contributed by atoms with E-state index in [1.165, 1.54) is 18.4 Å². The van der Waals surface area contributed by atoms with Crippen molar-refractivity contribution in [2.75, 3.05) is 11.9 Å². The maximum absolute atomic E-state index is 6.12. The van der Waals surface area contributed by atoms with Gasteiger partial charge in [0.15, 0.2) is 0 Å². The lowest BCUT2D eigenvalue weighted by Gasteiger charge is -2.13. The molecule has 2 rings (SSSR count). The SMILES string of the molecule is CC1CCCNc2c(Cl)cccc21. The number of para-hydroxylation sites is 1. The van der Waals surface area contributed by atoms with Crippen LogP contribution in [0.2, 0.25) is 5.02 Å². The van der Waals surface area contributed by atoms with Gasteiger partial charge in [-0.1, -0.05) is 30.7 Å². The first-order chi connectivity index (χ1) is 6.29. The minimum atomic E-state index is 0.628. The fourth-order valence-corrected chi connectivity index (χ4v) is 2.16. The molecule has 1 N–H and O–H groups in total. The Hall–Kier alpha value is -0.690. The van der Waals surface area contributed by atoms with Crippen LogP contribution in [0.4, 0.5) is 5.69 Å². The van der Waals surface area contributed by atoms with E-state index in [0.717, 1.165) is 17.3 Å². The molecule has 1 aromatic carbocycles. The van der Waals surface area contributed by atoms with E-state index in [2.05, 4.69) is 18.3 Å². The molecule has 2 heteroatoms. The zero-order valence-corrected chi connectivity index (χ0v) is 8.56. The fraction of sp³-hybridized carbons (Fsp3) is 0.455. The second-order valence-corrected chi connectivity index (χ2v) is 4.08. The number of anilines is 1. The van der Waals surface area contributed by atoms with E-state index < -0.39 is 0 Å². The maximum Gasteiger partial charge on any atom is 0.0640 e. The van der Waals surface area contributed by atoms with Crippen LogP contribution < -0.4 is 5.32 Å². The molecule has 70 valence electrons. The molecule has 1 aliphatic rings. The summed E-state index contributed by atoms with van der Waals surface area (Å²) in [7, 11) is 0. The molecule has 0 saturated heterocycles. The third-order valence-electron chi connectivity index (χ3n) is 2.69. The molecule has 0 saturated carbocycles. The van der Waals surface area contributed by atoms with Crippen molar-refractivity contribution in [3.8, 4) is 0 Å². The lowest BCUT2D eigenvalue weighted by atomic mass is 9.96. The summed E-state index contributed by atoms with van der Waals surface area (Å²) in [5.41, 5.74) is 2.51. The Morgan fingerprint density at radius 1 is 1.46 bits per heavy atom. The van der Waals surface area contributed by atoms with Gasteiger partial charge >= 0.3 is 0 Å². The molecule has 0 bridgehead atoms. The quantitative estimate of drug-likeness (QED) is 0.667. The Morgan fingerprint density at radius 3 is 3.15 bits per heavy atom. The van der Waals surface area contributed by atoms with E-state index in [0.29, 0.717) is 5.92 Å². The van der Waals surface area contributed by atoms with Crippen molar-refractivity contribution in [1.82, 2.24) is 0 Å². The van der Waals surface area contributed by atoms with Crippen molar-refractivity contribution in [1.29, 1.82) is 0 Å². The summed E-state index contributed by atoms with van der Waals surface area (Å²) in [6.07, 6.45) is 2.48. The van der Waals surface area contributed by atoms with Gasteiger partial charge in [0.2, 0.25) is 0 Å². The summed E-state index contributed by atoms with van der Waals surface area (Å²) in [5, 5.41) is 4.24. The van der Waals surface area contributed by atoms with E-state index in [1.54, 1.807) is 0 Å². The summed E-state index contributed by atoms with van der Waals surface area (Å²) in [5.74, 6) is 0.628. The zero-order valence-electron chi connectivity index (χ0n) is 7.81. The van der Waals surface area contributed by atoms with Crippen molar-refractivity contribution < 1.29 is 0 Å². The molecule has 1 aromatic rings. The average molecular weight is 196 g/mol. The summed E-state index contributed by atoms with van der Waals surface area (Å²) in [6.45, 7) is 3.31. The molecule has 0 fully saturated rings. The van der Waals surface area contributed by atoms with E-state index in [9.17, 15) is 0 Å². The first-order valence-corrected chi connectivity index (χ1v) is 5.19. The van der Waals surface area contributed by atoms with Crippen LogP contribution in [0.1, 0.15) is 31.2 Å². The summed E-state index contributed by atoms with van der Waals surface area (Å²) in [4.78, 5) is 0. The minimum absolute atomic E-state index is 0.628. The molecule has 1 nitrogen and oxygen atoms in total. The molecule has 0 aliphatic carbocycles. The van der Waals surface area contributed by atoms with Crippen LogP contribution in [0.3, 0.4) is 0 Å². The predicted octanol–water partition coefficient (Wildman–Crippen LogP) is 3.65. The minimum Gasteiger partial charge on any atom is -0.384 e. The van der Waals surface area contributed by atoms with Crippen molar-refractivity contribution in [2.24, 2.45) is 0 Å². The second kappa shape index (κ2) is 3.59. The highest BCUT2D eigenvalue weighted by atomic mass is 35.5. The van der Waals surface area contributed by atoms with Gasteiger partial charge in [0.1, 0.15) is 0 Å². The Kier molecular flexibility index (Phi) is 2.45. The van der Waals surface area contributed by atoms with Gasteiger partial charge in [-0.25, -0.2) is 0 Å². The number of hydrogen-bond donors (Lipinski definition) is 1. The predicted molar refractivity (Wildman–Crippen MR) is 57.6 cm³/mol. The third-order valence-corrected chi connectivity index (χ3v) is 3.01. The first-order valence-electron chi connectivity index (χ1n) is 4.81. The lowest BCUT2D eigenvalue weighted by molar-refractivity contribution is 0.667. The molecular formula is C11H14ClN. The highest BCUT2D eigenvalue weighted by molar-refractivity contribution is 6.33. The summed E-state index contributed by atoms with van der Waals surface area (Å²) in [6, 6.07) is 6.15. The molecule has 1 aliphatic heterocycles. The van der Waals surface area contributed by atoms with Gasteiger partial charge in [0.05, 0.1) is 10.7 Å². The monoisotopic (exact) mass is 195 g/mol.